The Labute approximate surface area is 193 Å². The van der Waals surface area contributed by atoms with E-state index >= 15 is 0 Å². The quantitative estimate of drug-likeness (QED) is 0.515. The summed E-state index contributed by atoms with van der Waals surface area (Å²) >= 11 is 0. The number of rotatable bonds is 5. The van der Waals surface area contributed by atoms with Crippen LogP contribution in [0.25, 0.3) is 21.9 Å². The Morgan fingerprint density at radius 1 is 1.03 bits per heavy atom. The lowest BCUT2D eigenvalue weighted by Crippen LogP contribution is -2.48. The highest BCUT2D eigenvalue weighted by Gasteiger charge is 2.37. The van der Waals surface area contributed by atoms with Crippen LogP contribution in [0, 0.1) is 11.8 Å². The van der Waals surface area contributed by atoms with Crippen molar-refractivity contribution in [3.05, 3.63) is 41.5 Å². The van der Waals surface area contributed by atoms with Gasteiger partial charge in [0.2, 0.25) is 5.91 Å². The molecule has 0 aliphatic heterocycles. The first-order chi connectivity index (χ1) is 16.0. The van der Waals surface area contributed by atoms with Crippen LogP contribution >= 0.6 is 0 Å². The Bertz CT molecular complexity index is 1200. The molecule has 0 spiro atoms. The van der Waals surface area contributed by atoms with Crippen molar-refractivity contribution in [2.45, 2.75) is 64.5 Å². The maximum Gasteiger partial charge on any atom is 0.340 e. The van der Waals surface area contributed by atoms with Crippen molar-refractivity contribution in [2.24, 2.45) is 11.8 Å². The van der Waals surface area contributed by atoms with Crippen molar-refractivity contribution in [1.29, 1.82) is 0 Å². The van der Waals surface area contributed by atoms with E-state index in [1.54, 1.807) is 6.07 Å². The van der Waals surface area contributed by atoms with E-state index in [9.17, 15) is 14.7 Å². The molecule has 6 nitrogen and oxygen atoms in total. The number of furan rings is 1. The molecular weight excluding hydrogens is 418 g/mol. The van der Waals surface area contributed by atoms with Gasteiger partial charge >= 0.3 is 5.97 Å². The summed E-state index contributed by atoms with van der Waals surface area (Å²) in [5, 5.41) is 11.3. The van der Waals surface area contributed by atoms with Crippen molar-refractivity contribution in [3.8, 4) is 0 Å². The van der Waals surface area contributed by atoms with Gasteiger partial charge in [0.05, 0.1) is 25.0 Å². The first kappa shape index (κ1) is 22.0. The second-order valence-corrected chi connectivity index (χ2v) is 9.70. The lowest BCUT2D eigenvalue weighted by molar-refractivity contribution is -0.124. The zero-order chi connectivity index (χ0) is 23.1. The molecule has 1 heterocycles. The molecule has 1 aromatic heterocycles. The Morgan fingerprint density at radius 3 is 2.39 bits per heavy atom. The molecule has 0 radical (unpaired) electrons. The molecule has 5 rings (SSSR count). The van der Waals surface area contributed by atoms with Crippen LogP contribution in [0.15, 0.2) is 34.7 Å². The largest absolute Gasteiger partial charge is 0.465 e. The van der Waals surface area contributed by atoms with Crippen molar-refractivity contribution >= 4 is 39.5 Å². The van der Waals surface area contributed by atoms with E-state index < -0.39 is 5.97 Å². The minimum Gasteiger partial charge on any atom is -0.465 e. The zero-order valence-corrected chi connectivity index (χ0v) is 19.3. The fourth-order valence-corrected chi connectivity index (χ4v) is 5.27. The van der Waals surface area contributed by atoms with Gasteiger partial charge in [0.1, 0.15) is 11.2 Å². The predicted molar refractivity (Wildman–Crippen MR) is 127 cm³/mol. The molecule has 2 aliphatic carbocycles. The summed E-state index contributed by atoms with van der Waals surface area (Å²) in [6.45, 7) is 2.18. The first-order valence-corrected chi connectivity index (χ1v) is 12.0. The maximum absolute atomic E-state index is 13.9. The van der Waals surface area contributed by atoms with E-state index in [0.29, 0.717) is 28.3 Å². The normalized spacial score (nSPS) is 21.2. The van der Waals surface area contributed by atoms with Crippen LogP contribution in [-0.4, -0.2) is 30.1 Å². The Balaban J connectivity index is 1.67. The second kappa shape index (κ2) is 8.82. The number of aliphatic hydroxyl groups is 1. The van der Waals surface area contributed by atoms with Gasteiger partial charge in [-0.15, -0.1) is 0 Å². The molecule has 0 unspecified atom stereocenters. The molecule has 1 amide bonds. The number of anilines is 1. The van der Waals surface area contributed by atoms with Crippen LogP contribution in [0.3, 0.4) is 0 Å². The summed E-state index contributed by atoms with van der Waals surface area (Å²) in [5.74, 6) is 0.300. The molecule has 0 saturated heterocycles. The summed E-state index contributed by atoms with van der Waals surface area (Å²) < 4.78 is 11.1. The van der Waals surface area contributed by atoms with Crippen LogP contribution in [0.4, 0.5) is 5.69 Å². The van der Waals surface area contributed by atoms with Gasteiger partial charge in [-0.05, 0) is 80.7 Å². The molecule has 0 bridgehead atoms. The fourth-order valence-electron chi connectivity index (χ4n) is 5.27. The second-order valence-electron chi connectivity index (χ2n) is 9.70. The van der Waals surface area contributed by atoms with E-state index in [1.165, 1.54) is 7.11 Å². The number of carbonyl (C=O) groups is 2. The molecule has 1 N–H and O–H groups in total. The fraction of sp³-hybridized carbons (Fsp3) is 0.481. The number of esters is 1. The van der Waals surface area contributed by atoms with Gasteiger partial charge in [-0.3, -0.25) is 4.79 Å². The number of benzene rings is 2. The molecule has 3 aromatic rings. The zero-order valence-electron chi connectivity index (χ0n) is 19.3. The van der Waals surface area contributed by atoms with Gasteiger partial charge in [-0.2, -0.15) is 0 Å². The van der Waals surface area contributed by atoms with Gasteiger partial charge in [0, 0.05) is 22.7 Å². The topological polar surface area (TPSA) is 80.0 Å². The van der Waals surface area contributed by atoms with Crippen molar-refractivity contribution in [3.63, 3.8) is 0 Å². The van der Waals surface area contributed by atoms with E-state index in [2.05, 4.69) is 6.92 Å². The average molecular weight is 450 g/mol. The van der Waals surface area contributed by atoms with Gasteiger partial charge in [0.25, 0.3) is 0 Å². The number of carbonyl (C=O) groups excluding carboxylic acids is 2. The smallest absolute Gasteiger partial charge is 0.340 e. The molecule has 2 aliphatic rings. The monoisotopic (exact) mass is 449 g/mol. The minimum absolute atomic E-state index is 0.00919. The van der Waals surface area contributed by atoms with Crippen molar-refractivity contribution in [2.75, 3.05) is 12.0 Å². The van der Waals surface area contributed by atoms with Crippen LogP contribution < -0.4 is 4.90 Å². The SMILES string of the molecule is COC(=O)c1cc2oc3ccc(CO)cc3c2cc1N(C(=O)C1CCC(C)CC1)C1CCC1. The molecule has 0 atom stereocenters. The van der Waals surface area contributed by atoms with E-state index in [0.717, 1.165) is 61.3 Å². The van der Waals surface area contributed by atoms with Crippen LogP contribution in [-0.2, 0) is 16.1 Å². The van der Waals surface area contributed by atoms with Crippen molar-refractivity contribution < 1.29 is 23.8 Å². The highest BCUT2D eigenvalue weighted by Crippen LogP contribution is 2.40. The molecule has 2 aromatic carbocycles. The van der Waals surface area contributed by atoms with E-state index in [1.807, 2.05) is 29.2 Å². The number of ether oxygens (including phenoxy) is 1. The number of hydrogen-bond acceptors (Lipinski definition) is 5. The van der Waals surface area contributed by atoms with E-state index in [4.69, 9.17) is 9.15 Å². The molecule has 6 heteroatoms. The van der Waals surface area contributed by atoms with E-state index in [-0.39, 0.29) is 24.5 Å². The Morgan fingerprint density at radius 2 is 1.76 bits per heavy atom. The molecule has 2 fully saturated rings. The number of fused-ring (bicyclic) bond motifs is 3. The standard InChI is InChI=1S/C27H31NO5/c1-16-6-9-18(10-7-16)26(30)28(19-4-3-5-19)23-13-21-20-12-17(15-29)8-11-24(20)33-25(21)14-22(23)27(31)32-2/h8,11-14,16,18-19,29H,3-7,9-10,15H2,1-2H3. The van der Waals surface area contributed by atoms with Crippen LogP contribution in [0.1, 0.15) is 67.8 Å². The molecule has 2 saturated carbocycles. The summed E-state index contributed by atoms with van der Waals surface area (Å²) in [4.78, 5) is 28.6. The van der Waals surface area contributed by atoms with Gasteiger partial charge in [-0.25, -0.2) is 4.79 Å². The molecular formula is C27H31NO5. The van der Waals surface area contributed by atoms with Crippen molar-refractivity contribution in [1.82, 2.24) is 0 Å². The van der Waals surface area contributed by atoms with Crippen LogP contribution in [0.5, 0.6) is 0 Å². The summed E-state index contributed by atoms with van der Waals surface area (Å²) in [7, 11) is 1.36. The number of aliphatic hydroxyl groups excluding tert-OH is 1. The highest BCUT2D eigenvalue weighted by atomic mass is 16.5. The van der Waals surface area contributed by atoms with Gasteiger partial charge < -0.3 is 19.2 Å². The number of amides is 1. The average Bonchev–Trinajstić information content (AvgIpc) is 3.16. The minimum atomic E-state index is -0.474. The van der Waals surface area contributed by atoms with Gasteiger partial charge in [-0.1, -0.05) is 13.0 Å². The third kappa shape index (κ3) is 3.90. The number of methoxy groups -OCH3 is 1. The predicted octanol–water partition coefficient (Wildman–Crippen LogP) is 5.58. The lowest BCUT2D eigenvalue weighted by Gasteiger charge is -2.41. The Kier molecular flexibility index (Phi) is 5.87. The molecule has 174 valence electrons. The third-order valence-electron chi connectivity index (χ3n) is 7.54. The highest BCUT2D eigenvalue weighted by molar-refractivity contribution is 6.12. The van der Waals surface area contributed by atoms with Gasteiger partial charge in [0.15, 0.2) is 0 Å². The lowest BCUT2D eigenvalue weighted by atomic mass is 9.81. The summed E-state index contributed by atoms with van der Waals surface area (Å²) in [5.41, 5.74) is 3.00. The third-order valence-corrected chi connectivity index (χ3v) is 7.54. The summed E-state index contributed by atoms with van der Waals surface area (Å²) in [6.07, 6.45) is 6.88. The number of hydrogen-bond donors (Lipinski definition) is 1. The van der Waals surface area contributed by atoms with Crippen LogP contribution in [0.2, 0.25) is 0 Å². The number of nitrogens with zero attached hydrogens (tertiary/aromatic N) is 1. The first-order valence-electron chi connectivity index (χ1n) is 12.0. The summed E-state index contributed by atoms with van der Waals surface area (Å²) in [6, 6.07) is 9.27. The molecule has 33 heavy (non-hydrogen) atoms. The Hall–Kier alpha value is -2.86. The maximum atomic E-state index is 13.9.